The summed E-state index contributed by atoms with van der Waals surface area (Å²) < 4.78 is 5.19. The van der Waals surface area contributed by atoms with Gasteiger partial charge in [0.05, 0.1) is 12.6 Å². The van der Waals surface area contributed by atoms with E-state index in [2.05, 4.69) is 42.9 Å². The summed E-state index contributed by atoms with van der Waals surface area (Å²) >= 11 is 1.86. The van der Waals surface area contributed by atoms with Crippen LogP contribution in [-0.4, -0.2) is 82.3 Å². The molecule has 1 unspecified atom stereocenters. The van der Waals surface area contributed by atoms with Gasteiger partial charge in [0.2, 0.25) is 0 Å². The minimum absolute atomic E-state index is 0. The van der Waals surface area contributed by atoms with Crippen LogP contribution < -0.4 is 10.6 Å². The van der Waals surface area contributed by atoms with Crippen LogP contribution in [0.2, 0.25) is 0 Å². The molecule has 0 spiro atoms. The SMILES string of the molecule is CN=C(NCC1CCN(CCOC)CC1)NCC(c1cccs1)N1CCCC1.I. The van der Waals surface area contributed by atoms with Gasteiger partial charge in [0.25, 0.3) is 0 Å². The first-order chi connectivity index (χ1) is 13.8. The molecular weight excluding hydrogens is 497 g/mol. The summed E-state index contributed by atoms with van der Waals surface area (Å²) in [5, 5.41) is 9.34. The summed E-state index contributed by atoms with van der Waals surface area (Å²) in [6, 6.07) is 4.88. The monoisotopic (exact) mass is 535 g/mol. The van der Waals surface area contributed by atoms with E-state index in [4.69, 9.17) is 4.74 Å². The van der Waals surface area contributed by atoms with E-state index in [-0.39, 0.29) is 24.0 Å². The number of halogens is 1. The quantitative estimate of drug-likeness (QED) is 0.289. The molecular formula is C21H38IN5OS. The minimum Gasteiger partial charge on any atom is -0.383 e. The predicted molar refractivity (Wildman–Crippen MR) is 134 cm³/mol. The fourth-order valence-corrected chi connectivity index (χ4v) is 5.09. The molecule has 0 radical (unpaired) electrons. The van der Waals surface area contributed by atoms with E-state index < -0.39 is 0 Å². The Hall–Kier alpha value is -0.420. The van der Waals surface area contributed by atoms with Gasteiger partial charge in [0.15, 0.2) is 5.96 Å². The van der Waals surface area contributed by atoms with Crippen molar-refractivity contribution in [3.05, 3.63) is 22.4 Å². The van der Waals surface area contributed by atoms with E-state index in [1.165, 1.54) is 56.7 Å². The second kappa shape index (κ2) is 13.8. The van der Waals surface area contributed by atoms with Crippen LogP contribution in [0.4, 0.5) is 0 Å². The van der Waals surface area contributed by atoms with Crippen molar-refractivity contribution in [1.29, 1.82) is 0 Å². The Morgan fingerprint density at radius 1 is 1.24 bits per heavy atom. The van der Waals surface area contributed by atoms with Crippen molar-refractivity contribution < 1.29 is 4.74 Å². The smallest absolute Gasteiger partial charge is 0.191 e. The molecule has 2 N–H and O–H groups in total. The van der Waals surface area contributed by atoms with Crippen molar-refractivity contribution in [1.82, 2.24) is 20.4 Å². The van der Waals surface area contributed by atoms with Crippen LogP contribution in [0.5, 0.6) is 0 Å². The van der Waals surface area contributed by atoms with Crippen LogP contribution in [-0.2, 0) is 4.74 Å². The number of hydrogen-bond donors (Lipinski definition) is 2. The molecule has 29 heavy (non-hydrogen) atoms. The third kappa shape index (κ3) is 7.97. The van der Waals surface area contributed by atoms with Gasteiger partial charge in [-0.05, 0) is 69.2 Å². The van der Waals surface area contributed by atoms with Gasteiger partial charge >= 0.3 is 0 Å². The highest BCUT2D eigenvalue weighted by molar-refractivity contribution is 14.0. The summed E-state index contributed by atoms with van der Waals surface area (Å²) in [7, 11) is 3.65. The van der Waals surface area contributed by atoms with Gasteiger partial charge in [-0.15, -0.1) is 35.3 Å². The third-order valence-electron chi connectivity index (χ3n) is 6.02. The maximum Gasteiger partial charge on any atom is 0.191 e. The van der Waals surface area contributed by atoms with Crippen molar-refractivity contribution in [2.75, 3.05) is 66.6 Å². The maximum absolute atomic E-state index is 5.19. The number of nitrogens with one attached hydrogen (secondary N) is 2. The number of likely N-dealkylation sites (tertiary alicyclic amines) is 2. The summed E-state index contributed by atoms with van der Waals surface area (Å²) in [5.74, 6) is 1.66. The largest absolute Gasteiger partial charge is 0.383 e. The van der Waals surface area contributed by atoms with E-state index in [9.17, 15) is 0 Å². The second-order valence-corrected chi connectivity index (χ2v) is 8.87. The maximum atomic E-state index is 5.19. The van der Waals surface area contributed by atoms with Crippen LogP contribution in [0.25, 0.3) is 0 Å². The Labute approximate surface area is 197 Å². The predicted octanol–water partition coefficient (Wildman–Crippen LogP) is 3.03. The summed E-state index contributed by atoms with van der Waals surface area (Å²) in [5.41, 5.74) is 0. The minimum atomic E-state index is 0. The lowest BCUT2D eigenvalue weighted by molar-refractivity contribution is 0.121. The molecule has 2 aliphatic rings. The highest BCUT2D eigenvalue weighted by Crippen LogP contribution is 2.27. The molecule has 1 atom stereocenters. The van der Waals surface area contributed by atoms with Crippen LogP contribution in [0, 0.1) is 5.92 Å². The number of piperidine rings is 1. The number of thiophene rings is 1. The van der Waals surface area contributed by atoms with Gasteiger partial charge in [0.1, 0.15) is 0 Å². The zero-order chi connectivity index (χ0) is 19.6. The van der Waals surface area contributed by atoms with E-state index in [1.54, 1.807) is 7.11 Å². The molecule has 0 saturated carbocycles. The normalized spacial score (nSPS) is 20.4. The lowest BCUT2D eigenvalue weighted by Crippen LogP contribution is -2.45. The summed E-state index contributed by atoms with van der Waals surface area (Å²) in [4.78, 5) is 11.0. The number of methoxy groups -OCH3 is 1. The first kappa shape index (κ1) is 24.8. The van der Waals surface area contributed by atoms with Crippen LogP contribution in [0.3, 0.4) is 0 Å². The molecule has 2 aliphatic heterocycles. The molecule has 0 aromatic carbocycles. The lowest BCUT2D eigenvalue weighted by atomic mass is 9.97. The topological polar surface area (TPSA) is 52.1 Å². The van der Waals surface area contributed by atoms with E-state index in [1.807, 2.05) is 18.4 Å². The first-order valence-electron chi connectivity index (χ1n) is 10.7. The zero-order valence-electron chi connectivity index (χ0n) is 17.9. The molecule has 166 valence electrons. The van der Waals surface area contributed by atoms with E-state index >= 15 is 0 Å². The molecule has 1 aromatic rings. The molecule has 8 heteroatoms. The Morgan fingerprint density at radius 2 is 2.00 bits per heavy atom. The van der Waals surface area contributed by atoms with Gasteiger partial charge in [0, 0.05) is 38.7 Å². The number of rotatable bonds is 9. The summed E-state index contributed by atoms with van der Waals surface area (Å²) in [6.07, 6.45) is 5.13. The lowest BCUT2D eigenvalue weighted by Gasteiger charge is -2.32. The fraction of sp³-hybridized carbons (Fsp3) is 0.762. The van der Waals surface area contributed by atoms with E-state index in [0.717, 1.165) is 38.1 Å². The first-order valence-corrected chi connectivity index (χ1v) is 11.6. The Kier molecular flexibility index (Phi) is 11.8. The fourth-order valence-electron chi connectivity index (χ4n) is 4.23. The standard InChI is InChI=1S/C21H37N5OS.HI/c1-22-21(23-16-18-7-11-25(12-8-18)13-14-27-2)24-17-19(20-6-5-15-28-20)26-9-3-4-10-26;/h5-6,15,18-19H,3-4,7-14,16-17H2,1-2H3,(H2,22,23,24);1H. The van der Waals surface area contributed by atoms with Crippen molar-refractivity contribution in [3.8, 4) is 0 Å². The van der Waals surface area contributed by atoms with Crippen LogP contribution in [0.15, 0.2) is 22.5 Å². The molecule has 2 fully saturated rings. The Morgan fingerprint density at radius 3 is 2.62 bits per heavy atom. The molecule has 3 heterocycles. The summed E-state index contributed by atoms with van der Waals surface area (Å²) in [6.45, 7) is 8.58. The molecule has 0 aliphatic carbocycles. The van der Waals surface area contributed by atoms with Gasteiger partial charge in [-0.3, -0.25) is 9.89 Å². The Bertz CT molecular complexity index is 572. The Balaban J connectivity index is 0.00000300. The molecule has 0 amide bonds. The molecule has 0 bridgehead atoms. The number of hydrogen-bond acceptors (Lipinski definition) is 5. The molecule has 1 aromatic heterocycles. The van der Waals surface area contributed by atoms with Crippen LogP contribution in [0.1, 0.15) is 36.6 Å². The van der Waals surface area contributed by atoms with Gasteiger partial charge in [-0.1, -0.05) is 6.07 Å². The molecule has 3 rings (SSSR count). The number of ether oxygens (including phenoxy) is 1. The average molecular weight is 536 g/mol. The number of aliphatic imine (C=N–C) groups is 1. The van der Waals surface area contributed by atoms with Gasteiger partial charge < -0.3 is 20.3 Å². The third-order valence-corrected chi connectivity index (χ3v) is 6.99. The van der Waals surface area contributed by atoms with Crippen molar-refractivity contribution in [2.45, 2.75) is 31.7 Å². The average Bonchev–Trinajstić information content (AvgIpc) is 3.44. The molecule has 2 saturated heterocycles. The van der Waals surface area contributed by atoms with E-state index in [0.29, 0.717) is 6.04 Å². The highest BCUT2D eigenvalue weighted by atomic mass is 127. The number of nitrogens with zero attached hydrogens (tertiary/aromatic N) is 3. The number of guanidine groups is 1. The zero-order valence-corrected chi connectivity index (χ0v) is 21.1. The van der Waals surface area contributed by atoms with Crippen LogP contribution >= 0.6 is 35.3 Å². The van der Waals surface area contributed by atoms with Crippen molar-refractivity contribution in [3.63, 3.8) is 0 Å². The van der Waals surface area contributed by atoms with Gasteiger partial charge in [-0.25, -0.2) is 0 Å². The molecule has 6 nitrogen and oxygen atoms in total. The van der Waals surface area contributed by atoms with Crippen molar-refractivity contribution >= 4 is 41.3 Å². The highest BCUT2D eigenvalue weighted by Gasteiger charge is 2.24. The van der Waals surface area contributed by atoms with Crippen molar-refractivity contribution in [2.24, 2.45) is 10.9 Å². The second-order valence-electron chi connectivity index (χ2n) is 7.89. The van der Waals surface area contributed by atoms with Gasteiger partial charge in [-0.2, -0.15) is 0 Å².